The highest BCUT2D eigenvalue weighted by atomic mass is 32.2. The van der Waals surface area contributed by atoms with Crippen molar-refractivity contribution in [3.8, 4) is 5.88 Å². The fourth-order valence-electron chi connectivity index (χ4n) is 2.31. The van der Waals surface area contributed by atoms with Gasteiger partial charge in [-0.05, 0) is 43.5 Å². The van der Waals surface area contributed by atoms with Gasteiger partial charge >= 0.3 is 0 Å². The van der Waals surface area contributed by atoms with Crippen LogP contribution in [0.2, 0.25) is 0 Å². The van der Waals surface area contributed by atoms with Gasteiger partial charge in [0.25, 0.3) is 0 Å². The first-order chi connectivity index (χ1) is 15.0. The van der Waals surface area contributed by atoms with Crippen molar-refractivity contribution in [3.05, 3.63) is 66.0 Å². The zero-order chi connectivity index (χ0) is 22.5. The van der Waals surface area contributed by atoms with Crippen LogP contribution in [-0.2, 0) is 11.3 Å². The average molecular weight is 445 g/mol. The molecular weight excluding hydrogens is 419 g/mol. The second-order valence-corrected chi connectivity index (χ2v) is 7.18. The van der Waals surface area contributed by atoms with Crippen molar-refractivity contribution in [1.82, 2.24) is 15.0 Å². The number of benzene rings is 1. The Kier molecular flexibility index (Phi) is 10.0. The summed E-state index contributed by atoms with van der Waals surface area (Å²) in [7, 11) is 0. The van der Waals surface area contributed by atoms with Crippen LogP contribution < -0.4 is 21.1 Å². The van der Waals surface area contributed by atoms with Crippen molar-refractivity contribution < 1.29 is 13.9 Å². The lowest BCUT2D eigenvalue weighted by molar-refractivity contribution is -0.105. The second-order valence-electron chi connectivity index (χ2n) is 6.20. The van der Waals surface area contributed by atoms with Gasteiger partial charge in [-0.3, -0.25) is 9.78 Å². The molecule has 0 fully saturated rings. The van der Waals surface area contributed by atoms with Crippen molar-refractivity contribution in [2.45, 2.75) is 13.5 Å². The third-order valence-electron chi connectivity index (χ3n) is 3.87. The zero-order valence-corrected chi connectivity index (χ0v) is 18.2. The molecule has 0 unspecified atom stereocenters. The average Bonchev–Trinajstić information content (AvgIpc) is 2.77. The highest BCUT2D eigenvalue weighted by Gasteiger charge is 2.05. The Morgan fingerprint density at radius 3 is 2.74 bits per heavy atom. The van der Waals surface area contributed by atoms with Gasteiger partial charge in [-0.15, -0.1) is 0 Å². The van der Waals surface area contributed by atoms with E-state index in [0.29, 0.717) is 41.7 Å². The summed E-state index contributed by atoms with van der Waals surface area (Å²) in [6.07, 6.45) is 7.52. The van der Waals surface area contributed by atoms with Gasteiger partial charge in [0, 0.05) is 29.7 Å². The standard InChI is InChI=1S/C13H13FN4O.C8H12N2OS/c14-11-4-3-10(18-8-19)6-9(11)7-17-12-2-1-5-16-13(12)15;1-7-5-10-8(6-9-7)11-3-4-12-2/h1-6,8,17H,7H2,(H2,15,16)(H,18,19);5-6H,3-4H2,1-2H3. The number of rotatable bonds is 9. The van der Waals surface area contributed by atoms with E-state index in [1.165, 1.54) is 12.1 Å². The van der Waals surface area contributed by atoms with Crippen LogP contribution in [0, 0.1) is 12.7 Å². The molecule has 1 amide bonds. The van der Waals surface area contributed by atoms with E-state index in [0.717, 1.165) is 11.4 Å². The maximum Gasteiger partial charge on any atom is 0.232 e. The summed E-state index contributed by atoms with van der Waals surface area (Å²) >= 11 is 1.75. The van der Waals surface area contributed by atoms with Crippen LogP contribution in [0.25, 0.3) is 0 Å². The molecule has 3 aromatic rings. The summed E-state index contributed by atoms with van der Waals surface area (Å²) in [5.74, 6) is 1.58. The molecule has 10 heteroatoms. The van der Waals surface area contributed by atoms with E-state index in [-0.39, 0.29) is 12.4 Å². The van der Waals surface area contributed by atoms with Gasteiger partial charge in [-0.25, -0.2) is 14.4 Å². The Hall–Kier alpha value is -3.40. The van der Waals surface area contributed by atoms with E-state index in [1.54, 1.807) is 48.6 Å². The molecule has 2 heterocycles. The molecule has 0 aliphatic rings. The lowest BCUT2D eigenvalue weighted by Crippen LogP contribution is -2.06. The van der Waals surface area contributed by atoms with Gasteiger partial charge in [0.1, 0.15) is 11.6 Å². The number of aromatic nitrogens is 3. The number of nitrogens with one attached hydrogen (secondary N) is 2. The molecule has 0 aliphatic carbocycles. The Morgan fingerprint density at radius 2 is 2.06 bits per heavy atom. The summed E-state index contributed by atoms with van der Waals surface area (Å²) < 4.78 is 18.9. The third kappa shape index (κ3) is 8.47. The van der Waals surface area contributed by atoms with E-state index in [9.17, 15) is 9.18 Å². The van der Waals surface area contributed by atoms with E-state index in [4.69, 9.17) is 10.5 Å². The summed E-state index contributed by atoms with van der Waals surface area (Å²) in [6, 6.07) is 7.84. The molecule has 2 aromatic heterocycles. The van der Waals surface area contributed by atoms with E-state index in [2.05, 4.69) is 25.6 Å². The molecule has 1 aromatic carbocycles. The molecule has 0 radical (unpaired) electrons. The molecule has 3 rings (SSSR count). The number of hydrogen-bond acceptors (Lipinski definition) is 8. The van der Waals surface area contributed by atoms with E-state index in [1.807, 2.05) is 13.2 Å². The van der Waals surface area contributed by atoms with Crippen molar-refractivity contribution in [2.24, 2.45) is 0 Å². The summed E-state index contributed by atoms with van der Waals surface area (Å²) in [5, 5.41) is 5.47. The minimum absolute atomic E-state index is 0.246. The fourth-order valence-corrected chi connectivity index (χ4v) is 2.56. The summed E-state index contributed by atoms with van der Waals surface area (Å²) in [4.78, 5) is 22.4. The molecule has 0 bridgehead atoms. The molecule has 8 nitrogen and oxygen atoms in total. The highest BCUT2D eigenvalue weighted by molar-refractivity contribution is 7.98. The number of nitrogen functional groups attached to an aromatic ring is 1. The fraction of sp³-hybridized carbons (Fsp3) is 0.238. The Labute approximate surface area is 184 Å². The first kappa shape index (κ1) is 23.9. The van der Waals surface area contributed by atoms with Crippen LogP contribution in [0.15, 0.2) is 48.9 Å². The van der Waals surface area contributed by atoms with Gasteiger partial charge < -0.3 is 21.1 Å². The molecular formula is C21H25FN6O2S. The number of carbonyl (C=O) groups excluding carboxylic acids is 1. The lowest BCUT2D eigenvalue weighted by Gasteiger charge is -2.10. The maximum absolute atomic E-state index is 13.6. The van der Waals surface area contributed by atoms with Gasteiger partial charge in [0.15, 0.2) is 0 Å². The largest absolute Gasteiger partial charge is 0.476 e. The van der Waals surface area contributed by atoms with Gasteiger partial charge in [0.2, 0.25) is 12.3 Å². The number of thioether (sulfide) groups is 1. The normalized spacial score (nSPS) is 9.90. The number of aryl methyl sites for hydroxylation is 1. The predicted octanol–water partition coefficient (Wildman–Crippen LogP) is 3.51. The molecule has 164 valence electrons. The quantitative estimate of drug-likeness (QED) is 0.339. The number of anilines is 3. The van der Waals surface area contributed by atoms with Crippen LogP contribution >= 0.6 is 11.8 Å². The SMILES string of the molecule is CSCCOc1cnc(C)cn1.Nc1ncccc1NCc1cc(NC=O)ccc1F. The maximum atomic E-state index is 13.6. The third-order valence-corrected chi connectivity index (χ3v) is 4.45. The van der Waals surface area contributed by atoms with Crippen molar-refractivity contribution in [1.29, 1.82) is 0 Å². The Morgan fingerprint density at radius 1 is 1.23 bits per heavy atom. The van der Waals surface area contributed by atoms with E-state index < -0.39 is 0 Å². The molecule has 0 spiro atoms. The number of nitrogens with two attached hydrogens (primary N) is 1. The molecule has 0 atom stereocenters. The first-order valence-electron chi connectivity index (χ1n) is 9.37. The van der Waals surface area contributed by atoms with Gasteiger partial charge in [-0.2, -0.15) is 11.8 Å². The number of pyridine rings is 1. The molecule has 0 aliphatic heterocycles. The lowest BCUT2D eigenvalue weighted by atomic mass is 10.2. The number of nitrogens with zero attached hydrogens (tertiary/aromatic N) is 3. The summed E-state index contributed by atoms with van der Waals surface area (Å²) in [6.45, 7) is 2.84. The van der Waals surface area contributed by atoms with Crippen LogP contribution in [0.3, 0.4) is 0 Å². The van der Waals surface area contributed by atoms with Crippen LogP contribution in [0.1, 0.15) is 11.3 Å². The number of halogens is 1. The Bertz CT molecular complexity index is 959. The Balaban J connectivity index is 0.000000245. The van der Waals surface area contributed by atoms with Crippen molar-refractivity contribution >= 4 is 35.4 Å². The molecule has 31 heavy (non-hydrogen) atoms. The number of ether oxygens (including phenoxy) is 1. The van der Waals surface area contributed by atoms with Crippen LogP contribution in [-0.4, -0.2) is 40.0 Å². The smallest absolute Gasteiger partial charge is 0.232 e. The predicted molar refractivity (Wildman–Crippen MR) is 123 cm³/mol. The minimum Gasteiger partial charge on any atom is -0.476 e. The van der Waals surface area contributed by atoms with Crippen molar-refractivity contribution in [2.75, 3.05) is 35.0 Å². The van der Waals surface area contributed by atoms with Crippen LogP contribution in [0.4, 0.5) is 21.6 Å². The molecule has 4 N–H and O–H groups in total. The number of carbonyl (C=O) groups is 1. The monoisotopic (exact) mass is 444 g/mol. The summed E-state index contributed by atoms with van der Waals surface area (Å²) in [5.41, 5.74) is 8.18. The van der Waals surface area contributed by atoms with Crippen molar-refractivity contribution in [3.63, 3.8) is 0 Å². The second kappa shape index (κ2) is 13.0. The van der Waals surface area contributed by atoms with Gasteiger partial charge in [-0.1, -0.05) is 0 Å². The number of amides is 1. The van der Waals surface area contributed by atoms with Gasteiger partial charge in [0.05, 0.1) is 30.4 Å². The highest BCUT2D eigenvalue weighted by Crippen LogP contribution is 2.18. The topological polar surface area (TPSA) is 115 Å². The minimum atomic E-state index is -0.355. The van der Waals surface area contributed by atoms with Crippen LogP contribution in [0.5, 0.6) is 5.88 Å². The molecule has 0 saturated heterocycles. The zero-order valence-electron chi connectivity index (χ0n) is 17.3. The first-order valence-corrected chi connectivity index (χ1v) is 10.8. The molecule has 0 saturated carbocycles. The number of hydrogen-bond donors (Lipinski definition) is 3. The van der Waals surface area contributed by atoms with E-state index >= 15 is 0 Å².